The Morgan fingerprint density at radius 1 is 0.628 bits per heavy atom. The van der Waals surface area contributed by atoms with Crippen molar-refractivity contribution in [1.82, 2.24) is 0 Å². The van der Waals surface area contributed by atoms with Crippen LogP contribution in [0.4, 0.5) is 5.69 Å². The van der Waals surface area contributed by atoms with Crippen molar-refractivity contribution in [3.8, 4) is 0 Å². The molecule has 0 aliphatic heterocycles. The zero-order valence-corrected chi connectivity index (χ0v) is 26.5. The van der Waals surface area contributed by atoms with Crippen LogP contribution in [0, 0.1) is 19.3 Å². The second kappa shape index (κ2) is 11.1. The van der Waals surface area contributed by atoms with Crippen LogP contribution in [0.25, 0.3) is 11.1 Å². The van der Waals surface area contributed by atoms with Crippen LogP contribution in [-0.2, 0) is 19.1 Å². The molecule has 0 amide bonds. The van der Waals surface area contributed by atoms with Gasteiger partial charge in [0.2, 0.25) is 0 Å². The Labute approximate surface area is 255 Å². The highest BCUT2D eigenvalue weighted by atomic mass is 16.6. The van der Waals surface area contributed by atoms with Gasteiger partial charge in [-0.3, -0.25) is 9.59 Å². The van der Waals surface area contributed by atoms with Crippen LogP contribution in [-0.4, -0.2) is 28.9 Å². The summed E-state index contributed by atoms with van der Waals surface area (Å²) < 4.78 is 11.9. The Hall–Kier alpha value is -4.25. The van der Waals surface area contributed by atoms with E-state index in [1.54, 1.807) is 0 Å². The summed E-state index contributed by atoms with van der Waals surface area (Å²) >= 11 is 0. The lowest BCUT2D eigenvalue weighted by Crippen LogP contribution is -2.45. The highest BCUT2D eigenvalue weighted by molar-refractivity contribution is 6.50. The molecule has 0 spiro atoms. The Kier molecular flexibility index (Phi) is 7.81. The van der Waals surface area contributed by atoms with Crippen LogP contribution in [0.1, 0.15) is 76.6 Å². The predicted molar refractivity (Wildman–Crippen MR) is 173 cm³/mol. The smallest absolute Gasteiger partial charge is 0.324 e. The standard InChI is InChI=1S/C38H41NO4/c1-24-16-15-17-25(2)32(24)39-33-30(26-18-11-9-12-19-26)28-22-38(34(40)42-36(3,4)5,35(41)43-37(6,7)8)23-29(28)31(33)27-20-13-10-14-21-27/h9-21H,22-23H2,1-8H3. The Bertz CT molecular complexity index is 1540. The second-order valence-electron chi connectivity index (χ2n) is 13.6. The van der Waals surface area contributed by atoms with Crippen molar-refractivity contribution >= 4 is 34.5 Å². The number of fused-ring (bicyclic) bond motifs is 1. The summed E-state index contributed by atoms with van der Waals surface area (Å²) in [5.74, 6) is -1.12. The molecule has 1 saturated carbocycles. The Morgan fingerprint density at radius 3 is 1.40 bits per heavy atom. The van der Waals surface area contributed by atoms with Crippen molar-refractivity contribution in [3.63, 3.8) is 0 Å². The van der Waals surface area contributed by atoms with Gasteiger partial charge in [-0.2, -0.15) is 0 Å². The van der Waals surface area contributed by atoms with Gasteiger partial charge in [0.1, 0.15) is 11.2 Å². The summed E-state index contributed by atoms with van der Waals surface area (Å²) in [4.78, 5) is 33.6. The number of carbonyl (C=O) groups excluding carboxylic acids is 2. The van der Waals surface area contributed by atoms with Crippen LogP contribution in [0.5, 0.6) is 0 Å². The minimum atomic E-state index is -1.52. The third-order valence-electron chi connectivity index (χ3n) is 7.77. The number of rotatable bonds is 5. The van der Waals surface area contributed by atoms with Gasteiger partial charge in [-0.25, -0.2) is 4.99 Å². The maximum absolute atomic E-state index is 14.1. The fraction of sp³-hybridized carbons (Fsp3) is 0.342. The van der Waals surface area contributed by atoms with Crippen molar-refractivity contribution in [3.05, 3.63) is 112 Å². The van der Waals surface area contributed by atoms with Gasteiger partial charge in [0.05, 0.1) is 11.4 Å². The minimum Gasteiger partial charge on any atom is -0.459 e. The molecule has 0 heterocycles. The molecule has 2 aliphatic carbocycles. The molecule has 43 heavy (non-hydrogen) atoms. The zero-order chi connectivity index (χ0) is 31.2. The number of hydrogen-bond donors (Lipinski definition) is 0. The average Bonchev–Trinajstić information content (AvgIpc) is 3.44. The fourth-order valence-corrected chi connectivity index (χ4v) is 5.93. The van der Waals surface area contributed by atoms with Crippen LogP contribution < -0.4 is 0 Å². The monoisotopic (exact) mass is 575 g/mol. The van der Waals surface area contributed by atoms with Gasteiger partial charge in [-0.15, -0.1) is 0 Å². The Morgan fingerprint density at radius 2 is 1.02 bits per heavy atom. The SMILES string of the molecule is Cc1cccc(C)c1N=C1C(c2ccccc2)=C2CC(C(=O)OC(C)(C)C)(C(=O)OC(C)(C)C)CC2=C1c1ccccc1. The van der Waals surface area contributed by atoms with E-state index in [9.17, 15) is 9.59 Å². The lowest BCUT2D eigenvalue weighted by atomic mass is 9.82. The largest absolute Gasteiger partial charge is 0.459 e. The number of esters is 2. The van der Waals surface area contributed by atoms with E-state index in [0.717, 1.165) is 55.9 Å². The highest BCUT2D eigenvalue weighted by Crippen LogP contribution is 2.57. The summed E-state index contributed by atoms with van der Waals surface area (Å²) in [5, 5.41) is 0. The molecular weight excluding hydrogens is 534 g/mol. The first-order chi connectivity index (χ1) is 20.2. The third-order valence-corrected chi connectivity index (χ3v) is 7.77. The van der Waals surface area contributed by atoms with E-state index >= 15 is 0 Å². The van der Waals surface area contributed by atoms with Gasteiger partial charge in [-0.05, 0) is 88.8 Å². The van der Waals surface area contributed by atoms with Gasteiger partial charge >= 0.3 is 11.9 Å². The molecule has 0 N–H and O–H groups in total. The number of para-hydroxylation sites is 1. The molecule has 0 radical (unpaired) electrons. The van der Waals surface area contributed by atoms with E-state index in [1.165, 1.54) is 0 Å². The number of aryl methyl sites for hydroxylation is 2. The third kappa shape index (κ3) is 5.99. The lowest BCUT2D eigenvalue weighted by molar-refractivity contribution is -0.184. The summed E-state index contributed by atoms with van der Waals surface area (Å²) in [6.45, 7) is 15.1. The number of ether oxygens (including phenoxy) is 2. The van der Waals surface area contributed by atoms with E-state index in [0.29, 0.717) is 0 Å². The van der Waals surface area contributed by atoms with Crippen molar-refractivity contribution in [2.75, 3.05) is 0 Å². The number of benzene rings is 3. The van der Waals surface area contributed by atoms with Gasteiger partial charge in [0.25, 0.3) is 0 Å². The van der Waals surface area contributed by atoms with Crippen LogP contribution in [0.3, 0.4) is 0 Å². The number of allylic oxidation sites excluding steroid dienone is 4. The zero-order valence-electron chi connectivity index (χ0n) is 26.5. The molecule has 5 heteroatoms. The van der Waals surface area contributed by atoms with Crippen molar-refractivity contribution < 1.29 is 19.1 Å². The van der Waals surface area contributed by atoms with Crippen molar-refractivity contribution in [2.24, 2.45) is 10.4 Å². The first-order valence-electron chi connectivity index (χ1n) is 14.9. The second-order valence-corrected chi connectivity index (χ2v) is 13.6. The van der Waals surface area contributed by atoms with Gasteiger partial charge in [0, 0.05) is 24.0 Å². The summed E-state index contributed by atoms with van der Waals surface area (Å²) in [5.41, 5.74) is 6.58. The van der Waals surface area contributed by atoms with E-state index in [-0.39, 0.29) is 12.8 Å². The summed E-state index contributed by atoms with van der Waals surface area (Å²) in [7, 11) is 0. The number of carbonyl (C=O) groups is 2. The van der Waals surface area contributed by atoms with Crippen LogP contribution in [0.15, 0.2) is 95.0 Å². The molecule has 0 atom stereocenters. The molecule has 222 valence electrons. The molecule has 5 rings (SSSR count). The molecule has 5 nitrogen and oxygen atoms in total. The maximum atomic E-state index is 14.1. The van der Waals surface area contributed by atoms with Crippen molar-refractivity contribution in [2.45, 2.75) is 79.4 Å². The lowest BCUT2D eigenvalue weighted by Gasteiger charge is -2.32. The summed E-state index contributed by atoms with van der Waals surface area (Å²) in [6, 6.07) is 26.4. The first kappa shape index (κ1) is 30.2. The molecule has 0 bridgehead atoms. The summed E-state index contributed by atoms with van der Waals surface area (Å²) in [6.07, 6.45) is 0.330. The van der Waals surface area contributed by atoms with E-state index in [4.69, 9.17) is 14.5 Å². The molecule has 2 aliphatic rings. The number of hydrogen-bond acceptors (Lipinski definition) is 5. The first-order valence-corrected chi connectivity index (χ1v) is 14.9. The molecule has 0 unspecified atom stereocenters. The molecule has 1 fully saturated rings. The fourth-order valence-electron chi connectivity index (χ4n) is 5.93. The normalized spacial score (nSPS) is 16.3. The molecular formula is C38H41NO4. The molecule has 3 aromatic carbocycles. The average molecular weight is 576 g/mol. The molecule has 3 aromatic rings. The van der Waals surface area contributed by atoms with Gasteiger partial charge in [-0.1, -0.05) is 78.9 Å². The topological polar surface area (TPSA) is 65.0 Å². The number of aliphatic imine (C=N–C) groups is 1. The number of nitrogens with zero attached hydrogens (tertiary/aromatic N) is 1. The molecule has 0 saturated heterocycles. The van der Waals surface area contributed by atoms with Crippen molar-refractivity contribution in [1.29, 1.82) is 0 Å². The predicted octanol–water partition coefficient (Wildman–Crippen LogP) is 8.76. The quantitative estimate of drug-likeness (QED) is 0.225. The Balaban J connectivity index is 1.82. The minimum absolute atomic E-state index is 0.165. The van der Waals surface area contributed by atoms with Crippen LogP contribution >= 0.6 is 0 Å². The van der Waals surface area contributed by atoms with Gasteiger partial charge < -0.3 is 9.47 Å². The molecule has 0 aromatic heterocycles. The van der Waals surface area contributed by atoms with E-state index in [2.05, 4.69) is 50.2 Å². The van der Waals surface area contributed by atoms with E-state index in [1.807, 2.05) is 84.0 Å². The maximum Gasteiger partial charge on any atom is 0.324 e. The van der Waals surface area contributed by atoms with Gasteiger partial charge in [0.15, 0.2) is 5.41 Å². The highest BCUT2D eigenvalue weighted by Gasteiger charge is 2.58. The van der Waals surface area contributed by atoms with Crippen LogP contribution in [0.2, 0.25) is 0 Å². The van der Waals surface area contributed by atoms with E-state index < -0.39 is 28.6 Å².